The summed E-state index contributed by atoms with van der Waals surface area (Å²) in [6.45, 7) is 1.74. The topological polar surface area (TPSA) is 20.3 Å². The zero-order valence-electron chi connectivity index (χ0n) is 14.3. The van der Waals surface area contributed by atoms with Crippen molar-refractivity contribution in [2.75, 3.05) is 0 Å². The molecule has 2 aromatic rings. The molecule has 2 heteroatoms. The minimum absolute atomic E-state index is 0.203. The van der Waals surface area contributed by atoms with Crippen LogP contribution in [0.2, 0.25) is 0 Å². The van der Waals surface area contributed by atoms with Crippen molar-refractivity contribution in [2.24, 2.45) is 11.8 Å². The van der Waals surface area contributed by atoms with Crippen molar-refractivity contribution >= 4 is 5.91 Å². The van der Waals surface area contributed by atoms with E-state index in [1.807, 2.05) is 0 Å². The first-order chi connectivity index (χ1) is 11.8. The van der Waals surface area contributed by atoms with Gasteiger partial charge in [-0.3, -0.25) is 4.79 Å². The van der Waals surface area contributed by atoms with Crippen molar-refractivity contribution in [3.8, 4) is 0 Å². The van der Waals surface area contributed by atoms with Gasteiger partial charge in [0.15, 0.2) is 0 Å². The van der Waals surface area contributed by atoms with Crippen LogP contribution in [0.4, 0.5) is 0 Å². The van der Waals surface area contributed by atoms with E-state index in [9.17, 15) is 4.79 Å². The van der Waals surface area contributed by atoms with Crippen LogP contribution < -0.4 is 0 Å². The molecule has 2 aliphatic rings. The molecule has 4 rings (SSSR count). The summed E-state index contributed by atoms with van der Waals surface area (Å²) in [5.74, 6) is 1.39. The number of hydrogen-bond donors (Lipinski definition) is 0. The average Bonchev–Trinajstić information content (AvgIpc) is 2.63. The van der Waals surface area contributed by atoms with Crippen LogP contribution in [0.5, 0.6) is 0 Å². The summed E-state index contributed by atoms with van der Waals surface area (Å²) >= 11 is 0. The van der Waals surface area contributed by atoms with Gasteiger partial charge in [0.25, 0.3) is 0 Å². The highest BCUT2D eigenvalue weighted by Gasteiger charge is 2.46. The summed E-state index contributed by atoms with van der Waals surface area (Å²) < 4.78 is 0. The fourth-order valence-electron chi connectivity index (χ4n) is 5.03. The van der Waals surface area contributed by atoms with Crippen molar-refractivity contribution in [3.05, 3.63) is 71.8 Å². The molecule has 2 aromatic carbocycles. The molecule has 124 valence electrons. The third-order valence-electron chi connectivity index (χ3n) is 5.89. The Bertz CT molecular complexity index is 643. The van der Waals surface area contributed by atoms with Gasteiger partial charge >= 0.3 is 0 Å². The lowest BCUT2D eigenvalue weighted by Crippen LogP contribution is -2.49. The van der Waals surface area contributed by atoms with Crippen LogP contribution in [-0.2, 0) is 4.79 Å². The summed E-state index contributed by atoms with van der Waals surface area (Å²) in [4.78, 5) is 14.9. The molecule has 2 nitrogen and oxygen atoms in total. The fraction of sp³-hybridized carbons (Fsp3) is 0.409. The van der Waals surface area contributed by atoms with Crippen LogP contribution in [0.1, 0.15) is 55.8 Å². The first kappa shape index (κ1) is 15.4. The molecule has 1 aliphatic carbocycles. The van der Waals surface area contributed by atoms with Gasteiger partial charge in [0.1, 0.15) is 0 Å². The molecule has 0 N–H and O–H groups in total. The maximum absolute atomic E-state index is 12.7. The number of amides is 1. The first-order valence-electron chi connectivity index (χ1n) is 9.14. The van der Waals surface area contributed by atoms with Gasteiger partial charge in [-0.25, -0.2) is 0 Å². The zero-order valence-corrected chi connectivity index (χ0v) is 14.3. The van der Waals surface area contributed by atoms with Gasteiger partial charge in [-0.2, -0.15) is 0 Å². The van der Waals surface area contributed by atoms with E-state index in [2.05, 4.69) is 65.6 Å². The molecule has 4 atom stereocenters. The Kier molecular flexibility index (Phi) is 4.13. The van der Waals surface area contributed by atoms with Crippen LogP contribution in [0.15, 0.2) is 60.7 Å². The Morgan fingerprint density at radius 2 is 1.29 bits per heavy atom. The van der Waals surface area contributed by atoms with Crippen LogP contribution in [0.3, 0.4) is 0 Å². The van der Waals surface area contributed by atoms with Crippen molar-refractivity contribution in [1.29, 1.82) is 0 Å². The van der Waals surface area contributed by atoms with Crippen molar-refractivity contribution in [1.82, 2.24) is 4.90 Å². The summed E-state index contributed by atoms with van der Waals surface area (Å²) in [5.41, 5.74) is 2.58. The molecule has 1 amide bonds. The van der Waals surface area contributed by atoms with E-state index in [-0.39, 0.29) is 18.0 Å². The molecule has 1 saturated heterocycles. The van der Waals surface area contributed by atoms with Gasteiger partial charge < -0.3 is 4.90 Å². The minimum Gasteiger partial charge on any atom is -0.328 e. The smallest absolute Gasteiger partial charge is 0.220 e. The summed E-state index contributed by atoms with van der Waals surface area (Å²) in [7, 11) is 0. The van der Waals surface area contributed by atoms with E-state index in [0.29, 0.717) is 11.8 Å². The first-order valence-corrected chi connectivity index (χ1v) is 9.14. The largest absolute Gasteiger partial charge is 0.328 e. The number of carbonyl (C=O) groups excluding carboxylic acids is 1. The van der Waals surface area contributed by atoms with Crippen molar-refractivity contribution in [3.63, 3.8) is 0 Å². The fourth-order valence-corrected chi connectivity index (χ4v) is 5.03. The van der Waals surface area contributed by atoms with E-state index in [0.717, 1.165) is 0 Å². The SMILES string of the molecule is CC(=O)N1[C@H](c2ccccc2)[C@@H]2CCC[C@@H](C2)[C@@H]1c1ccccc1. The maximum Gasteiger partial charge on any atom is 0.220 e. The Labute approximate surface area is 144 Å². The molecule has 2 fully saturated rings. The maximum atomic E-state index is 12.7. The van der Waals surface area contributed by atoms with Gasteiger partial charge in [-0.15, -0.1) is 0 Å². The van der Waals surface area contributed by atoms with Gasteiger partial charge in [-0.05, 0) is 42.2 Å². The number of piperidine rings is 1. The molecule has 1 saturated carbocycles. The molecule has 24 heavy (non-hydrogen) atoms. The number of benzene rings is 2. The highest BCUT2D eigenvalue weighted by atomic mass is 16.2. The van der Waals surface area contributed by atoms with E-state index >= 15 is 0 Å². The van der Waals surface area contributed by atoms with Gasteiger partial charge in [0, 0.05) is 6.92 Å². The lowest BCUT2D eigenvalue weighted by Gasteiger charge is -2.53. The normalized spacial score (nSPS) is 29.3. The molecule has 2 bridgehead atoms. The van der Waals surface area contributed by atoms with Gasteiger partial charge in [-0.1, -0.05) is 67.1 Å². The van der Waals surface area contributed by atoms with Crippen molar-refractivity contribution < 1.29 is 4.79 Å². The molecule has 1 aliphatic heterocycles. The molecular formula is C22H25NO. The molecule has 0 unspecified atom stereocenters. The highest BCUT2D eigenvalue weighted by molar-refractivity contribution is 5.75. The standard InChI is InChI=1S/C22H25NO/c1-16(24)23-21(17-9-4-2-5-10-17)19-13-8-14-20(15-19)22(23)18-11-6-3-7-12-18/h2-7,9-12,19-22H,8,13-15H2,1H3/t19-,20+,21-,22+. The second-order valence-electron chi connectivity index (χ2n) is 7.32. The molecule has 1 heterocycles. The summed E-state index contributed by atoms with van der Waals surface area (Å²) in [6, 6.07) is 21.7. The Hall–Kier alpha value is -2.09. The monoisotopic (exact) mass is 319 g/mol. The Morgan fingerprint density at radius 3 is 1.71 bits per heavy atom. The average molecular weight is 319 g/mol. The highest BCUT2D eigenvalue weighted by Crippen LogP contribution is 2.53. The Balaban J connectivity index is 1.81. The van der Waals surface area contributed by atoms with E-state index in [1.165, 1.54) is 36.8 Å². The lowest BCUT2D eigenvalue weighted by atomic mass is 9.67. The summed E-state index contributed by atoms with van der Waals surface area (Å²) in [6.07, 6.45) is 5.00. The van der Waals surface area contributed by atoms with Crippen LogP contribution in [0.25, 0.3) is 0 Å². The third kappa shape index (κ3) is 2.64. The van der Waals surface area contributed by atoms with Crippen LogP contribution >= 0.6 is 0 Å². The quantitative estimate of drug-likeness (QED) is 0.750. The second-order valence-corrected chi connectivity index (χ2v) is 7.32. The number of hydrogen-bond acceptors (Lipinski definition) is 1. The zero-order chi connectivity index (χ0) is 16.5. The Morgan fingerprint density at radius 1 is 0.833 bits per heavy atom. The number of likely N-dealkylation sites (tertiary alicyclic amines) is 1. The van der Waals surface area contributed by atoms with Gasteiger partial charge in [0.2, 0.25) is 5.91 Å². The van der Waals surface area contributed by atoms with E-state index in [1.54, 1.807) is 6.92 Å². The molecule has 0 aromatic heterocycles. The van der Waals surface area contributed by atoms with Crippen LogP contribution in [-0.4, -0.2) is 10.8 Å². The van der Waals surface area contributed by atoms with Crippen molar-refractivity contribution in [2.45, 2.75) is 44.7 Å². The number of fused-ring (bicyclic) bond motifs is 2. The second kappa shape index (κ2) is 6.43. The number of nitrogens with zero attached hydrogens (tertiary/aromatic N) is 1. The van der Waals surface area contributed by atoms with Gasteiger partial charge in [0.05, 0.1) is 12.1 Å². The van der Waals surface area contributed by atoms with E-state index < -0.39 is 0 Å². The lowest BCUT2D eigenvalue weighted by molar-refractivity contribution is -0.144. The third-order valence-corrected chi connectivity index (χ3v) is 5.89. The molecule has 0 spiro atoms. The minimum atomic E-state index is 0.203. The summed E-state index contributed by atoms with van der Waals surface area (Å²) in [5, 5.41) is 0. The number of rotatable bonds is 2. The number of carbonyl (C=O) groups is 1. The predicted octanol–water partition coefficient (Wildman–Crippen LogP) is 5.14. The molecular weight excluding hydrogens is 294 g/mol. The van der Waals surface area contributed by atoms with E-state index in [4.69, 9.17) is 0 Å². The predicted molar refractivity (Wildman–Crippen MR) is 96.3 cm³/mol. The molecule has 0 radical (unpaired) electrons. The van der Waals surface area contributed by atoms with Crippen LogP contribution in [0, 0.1) is 11.8 Å².